The molecule has 6 nitrogen and oxygen atoms in total. The second kappa shape index (κ2) is 7.13. The molecule has 0 saturated carbocycles. The highest BCUT2D eigenvalue weighted by molar-refractivity contribution is 8.27. The Hall–Kier alpha value is -2.97. The number of anilines is 2. The Morgan fingerprint density at radius 1 is 1.07 bits per heavy atom. The minimum absolute atomic E-state index is 0.172. The number of thiocarbonyl (C=S) groups is 1. The van der Waals surface area contributed by atoms with Crippen molar-refractivity contribution in [2.24, 2.45) is 0 Å². The summed E-state index contributed by atoms with van der Waals surface area (Å²) in [5, 5.41) is 11.1. The maximum Gasteiger partial charge on any atom is 0.271 e. The largest absolute Gasteiger partial charge is 0.548 e. The maximum atomic E-state index is 13.2. The van der Waals surface area contributed by atoms with Crippen molar-refractivity contribution >= 4 is 63.0 Å². The molecule has 4 rings (SSSR count). The number of carbonyl (C=O) groups is 3. The SMILES string of the molecule is Cc1ccc(N2C(=O)C(=C3C(=O)N(CC(=O)[O-])c4ccccc43)SC2=S)cc1C. The minimum atomic E-state index is -1.38. The van der Waals surface area contributed by atoms with E-state index in [0.717, 1.165) is 27.8 Å². The number of fused-ring (bicyclic) bond motifs is 1. The molecule has 0 radical (unpaired) electrons. The number of aliphatic carboxylic acids is 1. The summed E-state index contributed by atoms with van der Waals surface area (Å²) in [6.45, 7) is 3.34. The van der Waals surface area contributed by atoms with Crippen molar-refractivity contribution in [3.8, 4) is 0 Å². The predicted molar refractivity (Wildman–Crippen MR) is 114 cm³/mol. The molecule has 8 heteroatoms. The highest BCUT2D eigenvalue weighted by Gasteiger charge is 2.42. The molecule has 0 aromatic heterocycles. The summed E-state index contributed by atoms with van der Waals surface area (Å²) < 4.78 is 0.324. The fourth-order valence-corrected chi connectivity index (χ4v) is 4.76. The van der Waals surface area contributed by atoms with Crippen LogP contribution < -0.4 is 14.9 Å². The number of hydrogen-bond acceptors (Lipinski definition) is 6. The van der Waals surface area contributed by atoms with Crippen LogP contribution in [0.2, 0.25) is 0 Å². The molecule has 29 heavy (non-hydrogen) atoms. The number of carboxylic acid groups (broad SMARTS) is 1. The van der Waals surface area contributed by atoms with Gasteiger partial charge in [-0.2, -0.15) is 0 Å². The summed E-state index contributed by atoms with van der Waals surface area (Å²) in [5.74, 6) is -2.32. The Balaban J connectivity index is 1.82. The number of benzene rings is 2. The van der Waals surface area contributed by atoms with Crippen LogP contribution in [0.1, 0.15) is 16.7 Å². The summed E-state index contributed by atoms with van der Waals surface area (Å²) in [6.07, 6.45) is 0. The molecular weight excluding hydrogens is 408 g/mol. The third kappa shape index (κ3) is 3.14. The fraction of sp³-hybridized carbons (Fsp3) is 0.143. The molecule has 1 fully saturated rings. The maximum absolute atomic E-state index is 13.2. The van der Waals surface area contributed by atoms with Crippen molar-refractivity contribution in [1.82, 2.24) is 0 Å². The monoisotopic (exact) mass is 423 g/mol. The lowest BCUT2D eigenvalue weighted by molar-refractivity contribution is -0.303. The first-order valence-corrected chi connectivity index (χ1v) is 10.0. The van der Waals surface area contributed by atoms with Gasteiger partial charge in [0.1, 0.15) is 0 Å². The minimum Gasteiger partial charge on any atom is -0.548 e. The van der Waals surface area contributed by atoms with Gasteiger partial charge in [0.15, 0.2) is 4.32 Å². The number of thioether (sulfide) groups is 1. The highest BCUT2D eigenvalue weighted by atomic mass is 32.2. The van der Waals surface area contributed by atoms with Crippen LogP contribution in [0, 0.1) is 13.8 Å². The molecule has 0 bridgehead atoms. The van der Waals surface area contributed by atoms with Crippen molar-refractivity contribution in [2.45, 2.75) is 13.8 Å². The lowest BCUT2D eigenvalue weighted by Crippen LogP contribution is -2.39. The molecule has 0 aliphatic carbocycles. The zero-order valence-electron chi connectivity index (χ0n) is 15.6. The summed E-state index contributed by atoms with van der Waals surface area (Å²) >= 11 is 6.48. The van der Waals surface area contributed by atoms with E-state index >= 15 is 0 Å². The first-order chi connectivity index (χ1) is 13.8. The van der Waals surface area contributed by atoms with E-state index < -0.39 is 24.3 Å². The average molecular weight is 423 g/mol. The Bertz CT molecular complexity index is 1140. The van der Waals surface area contributed by atoms with Crippen LogP contribution in [-0.4, -0.2) is 28.6 Å². The summed E-state index contributed by atoms with van der Waals surface area (Å²) in [6, 6.07) is 12.4. The van der Waals surface area contributed by atoms with Gasteiger partial charge >= 0.3 is 0 Å². The van der Waals surface area contributed by atoms with Crippen LogP contribution in [-0.2, 0) is 14.4 Å². The quantitative estimate of drug-likeness (QED) is 0.556. The molecule has 146 valence electrons. The Morgan fingerprint density at radius 2 is 1.79 bits per heavy atom. The normalized spacial score (nSPS) is 18.6. The zero-order valence-corrected chi connectivity index (χ0v) is 17.2. The molecule has 0 atom stereocenters. The molecule has 0 N–H and O–H groups in total. The van der Waals surface area contributed by atoms with Gasteiger partial charge in [-0.15, -0.1) is 0 Å². The Labute approximate surface area is 176 Å². The second-order valence-electron chi connectivity index (χ2n) is 6.76. The average Bonchev–Trinajstić information content (AvgIpc) is 3.11. The summed E-state index contributed by atoms with van der Waals surface area (Å²) in [7, 11) is 0. The predicted octanol–water partition coefficient (Wildman–Crippen LogP) is 2.18. The van der Waals surface area contributed by atoms with E-state index in [1.807, 2.05) is 32.0 Å². The number of hydrogen-bond donors (Lipinski definition) is 0. The van der Waals surface area contributed by atoms with Gasteiger partial charge in [0.2, 0.25) is 0 Å². The van der Waals surface area contributed by atoms with Crippen molar-refractivity contribution in [2.75, 3.05) is 16.3 Å². The van der Waals surface area contributed by atoms with Crippen molar-refractivity contribution in [3.05, 3.63) is 64.1 Å². The Kier molecular flexibility index (Phi) is 4.76. The van der Waals surface area contributed by atoms with Crippen LogP contribution in [0.15, 0.2) is 47.4 Å². The van der Waals surface area contributed by atoms with E-state index in [0.29, 0.717) is 21.3 Å². The smallest absolute Gasteiger partial charge is 0.271 e. The van der Waals surface area contributed by atoms with E-state index in [4.69, 9.17) is 12.2 Å². The van der Waals surface area contributed by atoms with Gasteiger partial charge in [-0.05, 0) is 43.2 Å². The summed E-state index contributed by atoms with van der Waals surface area (Å²) in [4.78, 5) is 40.1. The lowest BCUT2D eigenvalue weighted by Gasteiger charge is -2.17. The molecule has 2 heterocycles. The molecular formula is C21H15N2O4S2-. The molecule has 2 aliphatic heterocycles. The van der Waals surface area contributed by atoms with Crippen molar-refractivity contribution in [3.63, 3.8) is 0 Å². The van der Waals surface area contributed by atoms with Gasteiger partial charge in [0.25, 0.3) is 11.8 Å². The molecule has 0 spiro atoms. The molecule has 2 amide bonds. The van der Waals surface area contributed by atoms with E-state index in [2.05, 4.69) is 0 Å². The molecule has 1 saturated heterocycles. The Morgan fingerprint density at radius 3 is 2.48 bits per heavy atom. The number of rotatable bonds is 3. The number of para-hydroxylation sites is 1. The van der Waals surface area contributed by atoms with Crippen LogP contribution in [0.4, 0.5) is 11.4 Å². The second-order valence-corrected chi connectivity index (χ2v) is 8.41. The number of amides is 2. The zero-order chi connectivity index (χ0) is 20.9. The number of nitrogens with zero attached hydrogens (tertiary/aromatic N) is 2. The van der Waals surface area contributed by atoms with Gasteiger partial charge in [-0.3, -0.25) is 14.5 Å². The first-order valence-electron chi connectivity index (χ1n) is 8.78. The van der Waals surface area contributed by atoms with Crippen LogP contribution in [0.25, 0.3) is 5.57 Å². The van der Waals surface area contributed by atoms with Gasteiger partial charge in [0.05, 0.1) is 34.4 Å². The van der Waals surface area contributed by atoms with Gasteiger partial charge in [-0.1, -0.05) is 48.2 Å². The fourth-order valence-electron chi connectivity index (χ4n) is 3.39. The van der Waals surface area contributed by atoms with E-state index in [1.54, 1.807) is 24.3 Å². The number of carbonyl (C=O) groups excluding carboxylic acids is 3. The number of aryl methyl sites for hydroxylation is 2. The van der Waals surface area contributed by atoms with Crippen molar-refractivity contribution in [1.29, 1.82) is 0 Å². The van der Waals surface area contributed by atoms with Gasteiger partial charge in [0, 0.05) is 5.56 Å². The van der Waals surface area contributed by atoms with Crippen LogP contribution in [0.3, 0.4) is 0 Å². The third-order valence-corrected chi connectivity index (χ3v) is 6.33. The van der Waals surface area contributed by atoms with Gasteiger partial charge in [-0.25, -0.2) is 0 Å². The topological polar surface area (TPSA) is 80.8 Å². The molecule has 2 aliphatic rings. The third-order valence-electron chi connectivity index (χ3n) is 4.96. The van der Waals surface area contributed by atoms with E-state index in [9.17, 15) is 19.5 Å². The number of carboxylic acids is 1. The molecule has 0 unspecified atom stereocenters. The van der Waals surface area contributed by atoms with Crippen LogP contribution >= 0.6 is 24.0 Å². The summed E-state index contributed by atoms with van der Waals surface area (Å²) in [5.41, 5.74) is 3.87. The highest BCUT2D eigenvalue weighted by Crippen LogP contribution is 2.45. The van der Waals surface area contributed by atoms with E-state index in [1.165, 1.54) is 4.90 Å². The van der Waals surface area contributed by atoms with Crippen molar-refractivity contribution < 1.29 is 19.5 Å². The molecule has 2 aromatic carbocycles. The lowest BCUT2D eigenvalue weighted by atomic mass is 10.1. The standard InChI is InChI=1S/C21H16N2O4S2/c1-11-7-8-13(9-12(11)2)23-20(27)18(29-21(23)28)17-14-5-3-4-6-15(14)22(19(17)26)10-16(24)25/h3-9H,10H2,1-2H3,(H,24,25)/p-1. The molecule has 2 aromatic rings. The van der Waals surface area contributed by atoms with Crippen LogP contribution in [0.5, 0.6) is 0 Å². The van der Waals surface area contributed by atoms with E-state index in [-0.39, 0.29) is 10.5 Å². The first kappa shape index (κ1) is 19.4. The van der Waals surface area contributed by atoms with Gasteiger partial charge < -0.3 is 14.8 Å².